The van der Waals surface area contributed by atoms with E-state index in [4.69, 9.17) is 8.83 Å². The zero-order valence-corrected chi connectivity index (χ0v) is 34.2. The van der Waals surface area contributed by atoms with Crippen LogP contribution in [-0.2, 0) is 11.3 Å². The average Bonchev–Trinajstić information content (AvgIpc) is 3.27. The second-order valence-electron chi connectivity index (χ2n) is 15.0. The summed E-state index contributed by atoms with van der Waals surface area (Å²) >= 11 is 0. The van der Waals surface area contributed by atoms with Gasteiger partial charge in [-0.1, -0.05) is 12.1 Å². The molecule has 0 atom stereocenters. The van der Waals surface area contributed by atoms with Gasteiger partial charge in [0, 0.05) is 69.5 Å². The van der Waals surface area contributed by atoms with E-state index in [9.17, 15) is 49.2 Å². The summed E-state index contributed by atoms with van der Waals surface area (Å²) in [5.74, 6) is -5.27. The molecule has 7 N–H and O–H groups in total. The predicted molar refractivity (Wildman–Crippen MR) is 236 cm³/mol. The first-order valence-electron chi connectivity index (χ1n) is 19.6. The van der Waals surface area contributed by atoms with Crippen molar-refractivity contribution in [2.45, 2.75) is 6.54 Å². The minimum atomic E-state index is -1.42. The normalized spacial score (nSPS) is 11.2. The van der Waals surface area contributed by atoms with E-state index in [0.29, 0.717) is 39.0 Å². The third kappa shape index (κ3) is 7.70. The molecule has 0 radical (unpaired) electrons. The number of carbonyl (C=O) groups is 5. The molecular formula is C48H37N4O12+. The highest BCUT2D eigenvalue weighted by molar-refractivity contribution is 6.11. The van der Waals surface area contributed by atoms with E-state index in [1.165, 1.54) is 54.6 Å². The van der Waals surface area contributed by atoms with Crippen LogP contribution in [0.4, 0.5) is 5.69 Å². The zero-order chi connectivity index (χ0) is 45.6. The second kappa shape index (κ2) is 16.6. The Labute approximate surface area is 361 Å². The summed E-state index contributed by atoms with van der Waals surface area (Å²) in [5.41, 5.74) is 2.34. The molecule has 320 valence electrons. The van der Waals surface area contributed by atoms with E-state index in [-0.39, 0.29) is 68.0 Å². The summed E-state index contributed by atoms with van der Waals surface area (Å²) in [7, 11) is 5.55. The van der Waals surface area contributed by atoms with Crippen molar-refractivity contribution < 1.29 is 53.2 Å². The molecule has 0 saturated heterocycles. The Morgan fingerprint density at radius 2 is 1.23 bits per heavy atom. The summed E-state index contributed by atoms with van der Waals surface area (Å²) in [4.78, 5) is 76.1. The lowest BCUT2D eigenvalue weighted by Crippen LogP contribution is -2.36. The Kier molecular flexibility index (Phi) is 10.9. The average molecular weight is 862 g/mol. The largest absolute Gasteiger partial charge is 0.507 e. The fourth-order valence-corrected chi connectivity index (χ4v) is 7.71. The van der Waals surface area contributed by atoms with Gasteiger partial charge in [0.25, 0.3) is 5.91 Å². The molecule has 0 aromatic heterocycles. The van der Waals surface area contributed by atoms with E-state index >= 15 is 0 Å². The Hall–Kier alpha value is -8.79. The smallest absolute Gasteiger partial charge is 0.336 e. The molecule has 4 aromatic rings. The van der Waals surface area contributed by atoms with Crippen molar-refractivity contribution in [2.75, 3.05) is 33.0 Å². The molecule has 2 aliphatic heterocycles. The number of hydrogen-bond donors (Lipinski definition) is 7. The van der Waals surface area contributed by atoms with E-state index in [2.05, 4.69) is 16.0 Å². The van der Waals surface area contributed by atoms with Crippen LogP contribution in [-0.4, -0.2) is 77.8 Å². The van der Waals surface area contributed by atoms with Crippen molar-refractivity contribution in [1.82, 2.24) is 15.2 Å². The first kappa shape index (κ1) is 41.9. The molecule has 2 amide bonds. The number of carboxylic acids is 3. The molecule has 0 saturated carbocycles. The topological polar surface area (TPSA) is 249 Å². The molecule has 16 heteroatoms. The second-order valence-corrected chi connectivity index (χ2v) is 15.0. The molecule has 4 aromatic carbocycles. The molecule has 0 bridgehead atoms. The van der Waals surface area contributed by atoms with Gasteiger partial charge in [0.15, 0.2) is 5.43 Å². The minimum absolute atomic E-state index is 0.00867. The zero-order valence-electron chi connectivity index (χ0n) is 34.2. The Morgan fingerprint density at radius 1 is 0.625 bits per heavy atom. The van der Waals surface area contributed by atoms with Gasteiger partial charge in [-0.05, 0) is 77.9 Å². The summed E-state index contributed by atoms with van der Waals surface area (Å²) < 4.78 is 14.3. The van der Waals surface area contributed by atoms with Crippen LogP contribution in [0.2, 0.25) is 0 Å². The van der Waals surface area contributed by atoms with Crippen LogP contribution in [0, 0.1) is 0 Å². The number of amides is 2. The highest BCUT2D eigenvalue weighted by atomic mass is 16.4. The van der Waals surface area contributed by atoms with Crippen LogP contribution in [0.5, 0.6) is 5.75 Å². The summed E-state index contributed by atoms with van der Waals surface area (Å²) in [5, 5.41) is 51.1. The lowest BCUT2D eigenvalue weighted by atomic mass is 9.89. The number of aromatic hydroxyl groups is 1. The molecular weight excluding hydrogens is 825 g/mol. The maximum atomic E-state index is 13.5. The lowest BCUT2D eigenvalue weighted by Gasteiger charge is -2.19. The van der Waals surface area contributed by atoms with Gasteiger partial charge in [0.2, 0.25) is 11.3 Å². The van der Waals surface area contributed by atoms with Crippen LogP contribution in [0.3, 0.4) is 0 Å². The molecule has 2 aliphatic carbocycles. The predicted octanol–water partition coefficient (Wildman–Crippen LogP) is 6.00. The molecule has 64 heavy (non-hydrogen) atoms. The number of nitrogens with zero attached hydrogens (tertiary/aromatic N) is 1. The molecule has 0 unspecified atom stereocenters. The van der Waals surface area contributed by atoms with Crippen LogP contribution < -0.4 is 31.3 Å². The third-order valence-electron chi connectivity index (χ3n) is 10.9. The van der Waals surface area contributed by atoms with Crippen molar-refractivity contribution in [2.24, 2.45) is 0 Å². The van der Waals surface area contributed by atoms with Gasteiger partial charge >= 0.3 is 17.9 Å². The Bertz CT molecular complexity index is 3360. The number of fused-ring (bicyclic) bond motifs is 4. The van der Waals surface area contributed by atoms with Gasteiger partial charge in [-0.25, -0.2) is 19.0 Å². The van der Waals surface area contributed by atoms with Crippen molar-refractivity contribution in [3.05, 3.63) is 147 Å². The molecule has 0 spiro atoms. The molecule has 8 rings (SSSR count). The summed E-state index contributed by atoms with van der Waals surface area (Å²) in [6.45, 7) is -0.920. The number of anilines is 1. The molecule has 0 fully saturated rings. The van der Waals surface area contributed by atoms with Gasteiger partial charge in [0.1, 0.15) is 42.5 Å². The maximum Gasteiger partial charge on any atom is 0.336 e. The molecule has 4 aliphatic rings. The SMILES string of the molecule is CNc1ccc2c(-c3ccc(C(=O)NCC(=O)NCc4c(O)ccc5c(-c6ccc(C(=O)O)cc6C(=O)O)c6ccc(=O)cc-6oc45)cc3C(=O)O)c3ccc(=[N+](C)C)cc-3oc2c1. The number of aromatic carboxylic acids is 3. The van der Waals surface area contributed by atoms with Crippen LogP contribution in [0.25, 0.3) is 66.8 Å². The number of rotatable bonds is 11. The van der Waals surface area contributed by atoms with Crippen LogP contribution in [0.1, 0.15) is 47.0 Å². The number of benzene rings is 6. The number of phenols is 1. The fraction of sp³-hybridized carbons (Fsp3) is 0.104. The van der Waals surface area contributed by atoms with E-state index in [1.807, 2.05) is 55.1 Å². The number of carbonyl (C=O) groups excluding carboxylic acids is 2. The standard InChI is InChI=1S/C48H36N4O12/c1-49-25-6-11-30-38(18-25)63-39-19-26(52(2)3)7-12-31(39)42(30)28-9-4-23(16-34(28)47(59)60)45(56)51-22-41(55)50-21-36-37(54)15-14-33-43(32-13-8-27(53)20-40(32)64-44(33)36)29-10-5-24(46(57)58)17-35(29)48(61)62/h4-20H,21-22H2,1-3H3,(H6,50,51,53,54,55,56,57,58,59,60,61,62)/p+1. The summed E-state index contributed by atoms with van der Waals surface area (Å²) in [6, 6.07) is 25.6. The number of nitrogens with one attached hydrogen (secondary N) is 3. The van der Waals surface area contributed by atoms with Gasteiger partial charge in [-0.15, -0.1) is 0 Å². The first-order valence-corrected chi connectivity index (χ1v) is 19.6. The van der Waals surface area contributed by atoms with Crippen molar-refractivity contribution in [1.29, 1.82) is 0 Å². The number of carboxylic acid groups (broad SMARTS) is 3. The molecule has 2 heterocycles. The van der Waals surface area contributed by atoms with Gasteiger partial charge in [-0.3, -0.25) is 14.4 Å². The quantitative estimate of drug-likeness (QED) is 0.0583. The van der Waals surface area contributed by atoms with Gasteiger partial charge in [-0.2, -0.15) is 0 Å². The van der Waals surface area contributed by atoms with Crippen molar-refractivity contribution in [3.63, 3.8) is 0 Å². The number of phenolic OH excluding ortho intramolecular Hbond substituents is 1. The van der Waals surface area contributed by atoms with E-state index < -0.39 is 41.7 Å². The van der Waals surface area contributed by atoms with Gasteiger partial charge in [0.05, 0.1) is 41.4 Å². The van der Waals surface area contributed by atoms with Crippen LogP contribution >= 0.6 is 0 Å². The Balaban J connectivity index is 1.08. The Morgan fingerprint density at radius 3 is 1.89 bits per heavy atom. The van der Waals surface area contributed by atoms with E-state index in [0.717, 1.165) is 17.1 Å². The fourth-order valence-electron chi connectivity index (χ4n) is 7.71. The van der Waals surface area contributed by atoms with Crippen LogP contribution in [0.15, 0.2) is 117 Å². The highest BCUT2D eigenvalue weighted by Gasteiger charge is 2.27. The highest BCUT2D eigenvalue weighted by Crippen LogP contribution is 2.44. The van der Waals surface area contributed by atoms with Gasteiger partial charge < -0.3 is 45.2 Å². The summed E-state index contributed by atoms with van der Waals surface area (Å²) in [6.07, 6.45) is 0. The monoisotopic (exact) mass is 861 g/mol. The first-order chi connectivity index (χ1) is 30.6. The lowest BCUT2D eigenvalue weighted by molar-refractivity contribution is -0.120. The maximum absolute atomic E-state index is 13.5. The van der Waals surface area contributed by atoms with E-state index in [1.54, 1.807) is 13.1 Å². The third-order valence-corrected chi connectivity index (χ3v) is 10.9. The van der Waals surface area contributed by atoms with Crippen molar-refractivity contribution >= 4 is 57.3 Å². The number of hydrogen-bond acceptors (Lipinski definition) is 10. The minimum Gasteiger partial charge on any atom is -0.507 e. The van der Waals surface area contributed by atoms with Crippen molar-refractivity contribution in [3.8, 4) is 50.7 Å². The molecule has 16 nitrogen and oxygen atoms in total.